The lowest BCUT2D eigenvalue weighted by atomic mass is 9.94. The highest BCUT2D eigenvalue weighted by Crippen LogP contribution is 2.39. The molecule has 0 spiro atoms. The van der Waals surface area contributed by atoms with Crippen molar-refractivity contribution in [3.8, 4) is 5.75 Å². The largest absolute Gasteiger partial charge is 0.485 e. The van der Waals surface area contributed by atoms with Crippen molar-refractivity contribution >= 4 is 0 Å². The molecule has 0 amide bonds. The molecular formula is C15H14FNO. The van der Waals surface area contributed by atoms with Gasteiger partial charge in [-0.2, -0.15) is 0 Å². The third-order valence-electron chi connectivity index (χ3n) is 3.30. The van der Waals surface area contributed by atoms with Crippen molar-refractivity contribution in [2.75, 3.05) is 0 Å². The molecule has 2 nitrogen and oxygen atoms in total. The average molecular weight is 243 g/mol. The van der Waals surface area contributed by atoms with Crippen LogP contribution in [-0.4, -0.2) is 0 Å². The number of hydrogen-bond acceptors (Lipinski definition) is 2. The summed E-state index contributed by atoms with van der Waals surface area (Å²) in [4.78, 5) is 0. The molecule has 0 aliphatic carbocycles. The molecule has 1 heterocycles. The number of halogens is 1. The van der Waals surface area contributed by atoms with Crippen molar-refractivity contribution in [3.63, 3.8) is 0 Å². The Morgan fingerprint density at radius 3 is 2.56 bits per heavy atom. The van der Waals surface area contributed by atoms with Crippen molar-refractivity contribution in [2.45, 2.75) is 18.6 Å². The second-order valence-electron chi connectivity index (χ2n) is 4.54. The van der Waals surface area contributed by atoms with Gasteiger partial charge in [-0.15, -0.1) is 0 Å². The van der Waals surface area contributed by atoms with Crippen LogP contribution in [-0.2, 0) is 0 Å². The number of para-hydroxylation sites is 1. The van der Waals surface area contributed by atoms with Gasteiger partial charge in [0.1, 0.15) is 17.7 Å². The van der Waals surface area contributed by atoms with Gasteiger partial charge in [-0.25, -0.2) is 4.39 Å². The normalized spacial score (nSPS) is 22.1. The quantitative estimate of drug-likeness (QED) is 0.833. The predicted octanol–water partition coefficient (Wildman–Crippen LogP) is 3.35. The summed E-state index contributed by atoms with van der Waals surface area (Å²) in [6, 6.07) is 14.2. The summed E-state index contributed by atoms with van der Waals surface area (Å²) >= 11 is 0. The molecule has 2 aromatic carbocycles. The van der Waals surface area contributed by atoms with Gasteiger partial charge < -0.3 is 10.5 Å². The molecule has 0 radical (unpaired) electrons. The summed E-state index contributed by atoms with van der Waals surface area (Å²) in [6.07, 6.45) is 0.610. The van der Waals surface area contributed by atoms with Gasteiger partial charge in [-0.1, -0.05) is 30.3 Å². The Kier molecular flexibility index (Phi) is 2.76. The topological polar surface area (TPSA) is 35.2 Å². The lowest BCUT2D eigenvalue weighted by molar-refractivity contribution is 0.161. The predicted molar refractivity (Wildman–Crippen MR) is 67.8 cm³/mol. The Morgan fingerprint density at radius 2 is 1.78 bits per heavy atom. The number of hydrogen-bond donors (Lipinski definition) is 1. The van der Waals surface area contributed by atoms with E-state index in [1.54, 1.807) is 12.1 Å². The first-order chi connectivity index (χ1) is 8.74. The van der Waals surface area contributed by atoms with Gasteiger partial charge >= 0.3 is 0 Å². The Bertz CT molecular complexity index is 553. The molecule has 2 N–H and O–H groups in total. The van der Waals surface area contributed by atoms with Gasteiger partial charge in [-0.05, 0) is 23.8 Å². The van der Waals surface area contributed by atoms with Crippen LogP contribution in [0.3, 0.4) is 0 Å². The Balaban J connectivity index is 1.92. The fourth-order valence-corrected chi connectivity index (χ4v) is 2.33. The van der Waals surface area contributed by atoms with E-state index in [0.29, 0.717) is 6.42 Å². The van der Waals surface area contributed by atoms with Crippen LogP contribution in [0.15, 0.2) is 48.5 Å². The summed E-state index contributed by atoms with van der Waals surface area (Å²) in [5.74, 6) is 0.588. The minimum absolute atomic E-state index is 0.0370. The number of nitrogens with two attached hydrogens (primary N) is 1. The molecular weight excluding hydrogens is 229 g/mol. The van der Waals surface area contributed by atoms with Gasteiger partial charge in [0.15, 0.2) is 0 Å². The molecule has 0 saturated carbocycles. The molecule has 3 rings (SSSR count). The lowest BCUT2D eigenvalue weighted by Crippen LogP contribution is -2.24. The van der Waals surface area contributed by atoms with Crippen molar-refractivity contribution in [1.29, 1.82) is 0 Å². The summed E-state index contributed by atoms with van der Waals surface area (Å²) < 4.78 is 18.8. The highest BCUT2D eigenvalue weighted by Gasteiger charge is 2.26. The van der Waals surface area contributed by atoms with E-state index in [1.165, 1.54) is 12.1 Å². The van der Waals surface area contributed by atoms with Crippen LogP contribution in [0.25, 0.3) is 0 Å². The minimum atomic E-state index is -0.237. The van der Waals surface area contributed by atoms with Gasteiger partial charge in [0, 0.05) is 18.0 Å². The molecule has 18 heavy (non-hydrogen) atoms. The van der Waals surface area contributed by atoms with Gasteiger partial charge in [0.2, 0.25) is 0 Å². The highest BCUT2D eigenvalue weighted by atomic mass is 19.1. The maximum absolute atomic E-state index is 12.9. The van der Waals surface area contributed by atoms with Crippen LogP contribution >= 0.6 is 0 Å². The van der Waals surface area contributed by atoms with Crippen LogP contribution in [0.5, 0.6) is 5.75 Å². The fraction of sp³-hybridized carbons (Fsp3) is 0.200. The average Bonchev–Trinajstić information content (AvgIpc) is 2.39. The first kappa shape index (κ1) is 11.2. The van der Waals surface area contributed by atoms with E-state index in [9.17, 15) is 4.39 Å². The number of fused-ring (bicyclic) bond motifs is 1. The second kappa shape index (κ2) is 4.42. The minimum Gasteiger partial charge on any atom is -0.485 e. The molecule has 1 aliphatic heterocycles. The maximum Gasteiger partial charge on any atom is 0.126 e. The third kappa shape index (κ3) is 1.97. The van der Waals surface area contributed by atoms with Crippen LogP contribution in [0.2, 0.25) is 0 Å². The molecule has 2 aromatic rings. The van der Waals surface area contributed by atoms with Gasteiger partial charge in [-0.3, -0.25) is 0 Å². The zero-order chi connectivity index (χ0) is 12.5. The van der Waals surface area contributed by atoms with Crippen molar-refractivity contribution in [1.82, 2.24) is 0 Å². The SMILES string of the molecule is N[C@@H]1C[C@@H](c2ccc(F)cc2)Oc2ccccc21. The van der Waals surface area contributed by atoms with E-state index in [1.807, 2.05) is 24.3 Å². The van der Waals surface area contributed by atoms with Gasteiger partial charge in [0.25, 0.3) is 0 Å². The van der Waals surface area contributed by atoms with E-state index in [4.69, 9.17) is 10.5 Å². The van der Waals surface area contributed by atoms with Crippen molar-refractivity contribution in [3.05, 3.63) is 65.5 Å². The molecule has 92 valence electrons. The van der Waals surface area contributed by atoms with E-state index in [2.05, 4.69) is 0 Å². The molecule has 0 bridgehead atoms. The standard InChI is InChI=1S/C15H14FNO/c16-11-7-5-10(6-8-11)15-9-13(17)12-3-1-2-4-14(12)18-15/h1-8,13,15H,9,17H2/t13-,15+/m1/s1. The number of benzene rings is 2. The van der Waals surface area contributed by atoms with Crippen LogP contribution < -0.4 is 10.5 Å². The summed E-state index contributed by atoms with van der Waals surface area (Å²) in [6.45, 7) is 0. The first-order valence-electron chi connectivity index (χ1n) is 6.00. The van der Waals surface area contributed by atoms with E-state index >= 15 is 0 Å². The lowest BCUT2D eigenvalue weighted by Gasteiger charge is -2.30. The molecule has 1 aliphatic rings. The molecule has 0 unspecified atom stereocenters. The monoisotopic (exact) mass is 243 g/mol. The van der Waals surface area contributed by atoms with Crippen molar-refractivity contribution < 1.29 is 9.13 Å². The Hall–Kier alpha value is -1.87. The van der Waals surface area contributed by atoms with Crippen LogP contribution in [0.4, 0.5) is 4.39 Å². The highest BCUT2D eigenvalue weighted by molar-refractivity contribution is 5.39. The molecule has 2 atom stereocenters. The zero-order valence-electron chi connectivity index (χ0n) is 9.84. The molecule has 3 heteroatoms. The summed E-state index contributed by atoms with van der Waals surface area (Å²) in [7, 11) is 0. The zero-order valence-corrected chi connectivity index (χ0v) is 9.84. The maximum atomic E-state index is 12.9. The fourth-order valence-electron chi connectivity index (χ4n) is 2.33. The molecule has 0 fully saturated rings. The Morgan fingerprint density at radius 1 is 1.06 bits per heavy atom. The van der Waals surface area contributed by atoms with E-state index < -0.39 is 0 Å². The molecule has 0 saturated heterocycles. The number of rotatable bonds is 1. The van der Waals surface area contributed by atoms with E-state index in [0.717, 1.165) is 16.9 Å². The van der Waals surface area contributed by atoms with Gasteiger partial charge in [0.05, 0.1) is 0 Å². The smallest absolute Gasteiger partial charge is 0.126 e. The second-order valence-corrected chi connectivity index (χ2v) is 4.54. The first-order valence-corrected chi connectivity index (χ1v) is 6.00. The van der Waals surface area contributed by atoms with Crippen molar-refractivity contribution in [2.24, 2.45) is 5.73 Å². The summed E-state index contributed by atoms with van der Waals surface area (Å²) in [5.41, 5.74) is 8.15. The Labute approximate surface area is 105 Å². The third-order valence-corrected chi connectivity index (χ3v) is 3.30. The van der Waals surface area contributed by atoms with E-state index in [-0.39, 0.29) is 18.0 Å². The number of ether oxygens (including phenoxy) is 1. The van der Waals surface area contributed by atoms with Crippen LogP contribution in [0.1, 0.15) is 29.7 Å². The summed E-state index contributed by atoms with van der Waals surface area (Å²) in [5, 5.41) is 0. The van der Waals surface area contributed by atoms with Crippen LogP contribution in [0, 0.1) is 5.82 Å². The molecule has 0 aromatic heterocycles.